The predicted octanol–water partition coefficient (Wildman–Crippen LogP) is 2.53. The second-order valence-electron chi connectivity index (χ2n) is 5.25. The molecule has 2 aromatic rings. The first-order chi connectivity index (χ1) is 10.1. The molecule has 1 aromatic heterocycles. The molecule has 1 heterocycles. The molecule has 1 atom stereocenters. The lowest BCUT2D eigenvalue weighted by Crippen LogP contribution is -2.22. The molecule has 0 aliphatic heterocycles. The third kappa shape index (κ3) is 4.49. The Morgan fingerprint density at radius 2 is 1.95 bits per heavy atom. The van der Waals surface area contributed by atoms with E-state index >= 15 is 0 Å². The van der Waals surface area contributed by atoms with Crippen molar-refractivity contribution in [3.63, 3.8) is 0 Å². The molecule has 0 spiro atoms. The van der Waals surface area contributed by atoms with Crippen molar-refractivity contribution in [1.82, 2.24) is 9.97 Å². The lowest BCUT2D eigenvalue weighted by Gasteiger charge is -2.17. The van der Waals surface area contributed by atoms with Crippen LogP contribution in [0.2, 0.25) is 0 Å². The zero-order valence-corrected chi connectivity index (χ0v) is 12.5. The van der Waals surface area contributed by atoms with Gasteiger partial charge in [0, 0.05) is 32.0 Å². The van der Waals surface area contributed by atoms with Crippen LogP contribution in [-0.4, -0.2) is 23.1 Å². The molecule has 1 aromatic carbocycles. The SMILES string of the molecule is CCC(N)Cc1cnc(N(C)Cc2cccc(F)c2)nc1. The van der Waals surface area contributed by atoms with Gasteiger partial charge in [0.25, 0.3) is 0 Å². The quantitative estimate of drug-likeness (QED) is 0.887. The van der Waals surface area contributed by atoms with Crippen molar-refractivity contribution in [3.05, 3.63) is 53.6 Å². The van der Waals surface area contributed by atoms with Crippen molar-refractivity contribution >= 4 is 5.95 Å². The van der Waals surface area contributed by atoms with Gasteiger partial charge in [-0.15, -0.1) is 0 Å². The van der Waals surface area contributed by atoms with E-state index in [1.54, 1.807) is 18.5 Å². The average molecular weight is 288 g/mol. The van der Waals surface area contributed by atoms with Gasteiger partial charge in [-0.1, -0.05) is 19.1 Å². The van der Waals surface area contributed by atoms with Gasteiger partial charge in [0.05, 0.1) is 0 Å². The summed E-state index contributed by atoms with van der Waals surface area (Å²) in [5.74, 6) is 0.388. The highest BCUT2D eigenvalue weighted by Gasteiger charge is 2.07. The maximum atomic E-state index is 13.2. The summed E-state index contributed by atoms with van der Waals surface area (Å²) in [5.41, 5.74) is 7.84. The molecular weight excluding hydrogens is 267 g/mol. The zero-order chi connectivity index (χ0) is 15.2. The average Bonchev–Trinajstić information content (AvgIpc) is 2.47. The molecule has 21 heavy (non-hydrogen) atoms. The number of rotatable bonds is 6. The Balaban J connectivity index is 2.01. The molecule has 1 unspecified atom stereocenters. The number of anilines is 1. The topological polar surface area (TPSA) is 55.0 Å². The number of nitrogens with two attached hydrogens (primary N) is 1. The number of hydrogen-bond donors (Lipinski definition) is 1. The molecule has 4 nitrogen and oxygen atoms in total. The van der Waals surface area contributed by atoms with Crippen LogP contribution in [-0.2, 0) is 13.0 Å². The normalized spacial score (nSPS) is 12.2. The molecule has 0 aliphatic rings. The fraction of sp³-hybridized carbons (Fsp3) is 0.375. The minimum absolute atomic E-state index is 0.143. The van der Waals surface area contributed by atoms with Gasteiger partial charge in [0.2, 0.25) is 5.95 Å². The Labute approximate surface area is 124 Å². The van der Waals surface area contributed by atoms with Crippen molar-refractivity contribution in [2.75, 3.05) is 11.9 Å². The fourth-order valence-electron chi connectivity index (χ4n) is 2.08. The van der Waals surface area contributed by atoms with Crippen LogP contribution in [0.25, 0.3) is 0 Å². The van der Waals surface area contributed by atoms with E-state index in [1.165, 1.54) is 12.1 Å². The maximum Gasteiger partial charge on any atom is 0.225 e. The van der Waals surface area contributed by atoms with E-state index in [0.29, 0.717) is 12.5 Å². The van der Waals surface area contributed by atoms with Gasteiger partial charge < -0.3 is 10.6 Å². The van der Waals surface area contributed by atoms with E-state index < -0.39 is 0 Å². The second kappa shape index (κ2) is 7.13. The molecule has 0 fully saturated rings. The number of halogens is 1. The van der Waals surface area contributed by atoms with Gasteiger partial charge in [0.1, 0.15) is 5.82 Å². The number of benzene rings is 1. The van der Waals surface area contributed by atoms with E-state index in [9.17, 15) is 4.39 Å². The fourth-order valence-corrected chi connectivity index (χ4v) is 2.08. The summed E-state index contributed by atoms with van der Waals surface area (Å²) in [5, 5.41) is 0. The molecule has 2 rings (SSSR count). The smallest absolute Gasteiger partial charge is 0.225 e. The highest BCUT2D eigenvalue weighted by molar-refractivity contribution is 5.31. The van der Waals surface area contributed by atoms with Gasteiger partial charge >= 0.3 is 0 Å². The first kappa shape index (κ1) is 15.4. The highest BCUT2D eigenvalue weighted by Crippen LogP contribution is 2.12. The summed E-state index contributed by atoms with van der Waals surface area (Å²) in [6.07, 6.45) is 5.32. The third-order valence-corrected chi connectivity index (χ3v) is 3.36. The third-order valence-electron chi connectivity index (χ3n) is 3.36. The largest absolute Gasteiger partial charge is 0.340 e. The summed E-state index contributed by atoms with van der Waals surface area (Å²) < 4.78 is 13.2. The Hall–Kier alpha value is -2.01. The molecular formula is C16H21FN4. The van der Waals surface area contributed by atoms with E-state index in [-0.39, 0.29) is 11.9 Å². The van der Waals surface area contributed by atoms with E-state index in [1.807, 2.05) is 18.0 Å². The maximum absolute atomic E-state index is 13.2. The van der Waals surface area contributed by atoms with E-state index in [4.69, 9.17) is 5.73 Å². The molecule has 0 saturated heterocycles. The van der Waals surface area contributed by atoms with Gasteiger partial charge in [-0.05, 0) is 36.1 Å². The standard InChI is InChI=1S/C16H21FN4/c1-3-15(18)8-13-9-19-16(20-10-13)21(2)11-12-5-4-6-14(17)7-12/h4-7,9-10,15H,3,8,11,18H2,1-2H3. The lowest BCUT2D eigenvalue weighted by molar-refractivity contribution is 0.625. The van der Waals surface area contributed by atoms with Crippen molar-refractivity contribution in [3.8, 4) is 0 Å². The minimum Gasteiger partial charge on any atom is -0.340 e. The monoisotopic (exact) mass is 288 g/mol. The Kier molecular flexibility index (Phi) is 5.22. The van der Waals surface area contributed by atoms with Crippen molar-refractivity contribution in [1.29, 1.82) is 0 Å². The molecule has 0 radical (unpaired) electrons. The van der Waals surface area contributed by atoms with Gasteiger partial charge in [-0.2, -0.15) is 0 Å². The summed E-state index contributed by atoms with van der Waals surface area (Å²) in [4.78, 5) is 10.6. The van der Waals surface area contributed by atoms with Crippen molar-refractivity contribution < 1.29 is 4.39 Å². The lowest BCUT2D eigenvalue weighted by atomic mass is 10.1. The molecule has 0 aliphatic carbocycles. The molecule has 0 saturated carbocycles. The van der Waals surface area contributed by atoms with Crippen LogP contribution < -0.4 is 10.6 Å². The first-order valence-electron chi connectivity index (χ1n) is 7.10. The van der Waals surface area contributed by atoms with E-state index in [0.717, 1.165) is 24.0 Å². The van der Waals surface area contributed by atoms with Crippen LogP contribution in [0.15, 0.2) is 36.7 Å². The number of hydrogen-bond acceptors (Lipinski definition) is 4. The number of nitrogens with zero attached hydrogens (tertiary/aromatic N) is 3. The number of aromatic nitrogens is 2. The van der Waals surface area contributed by atoms with E-state index in [2.05, 4.69) is 16.9 Å². The summed E-state index contributed by atoms with van der Waals surface area (Å²) >= 11 is 0. The van der Waals surface area contributed by atoms with Crippen LogP contribution in [0.1, 0.15) is 24.5 Å². The second-order valence-corrected chi connectivity index (χ2v) is 5.25. The summed E-state index contributed by atoms with van der Waals surface area (Å²) in [6.45, 7) is 2.62. The Bertz CT molecular complexity index is 571. The Morgan fingerprint density at radius 1 is 1.24 bits per heavy atom. The first-order valence-corrected chi connectivity index (χ1v) is 7.10. The van der Waals surface area contributed by atoms with Gasteiger partial charge in [0.15, 0.2) is 0 Å². The molecule has 112 valence electrons. The molecule has 5 heteroatoms. The van der Waals surface area contributed by atoms with Crippen LogP contribution >= 0.6 is 0 Å². The Morgan fingerprint density at radius 3 is 2.57 bits per heavy atom. The molecule has 0 amide bonds. The summed E-state index contributed by atoms with van der Waals surface area (Å²) in [6, 6.07) is 6.68. The highest BCUT2D eigenvalue weighted by atomic mass is 19.1. The van der Waals surface area contributed by atoms with Crippen LogP contribution in [0.5, 0.6) is 0 Å². The molecule has 2 N–H and O–H groups in total. The predicted molar refractivity (Wildman–Crippen MR) is 82.5 cm³/mol. The van der Waals surface area contributed by atoms with Gasteiger partial charge in [-0.3, -0.25) is 0 Å². The van der Waals surface area contributed by atoms with Crippen LogP contribution in [0.3, 0.4) is 0 Å². The minimum atomic E-state index is -0.231. The van der Waals surface area contributed by atoms with Crippen LogP contribution in [0, 0.1) is 5.82 Å². The molecule has 0 bridgehead atoms. The zero-order valence-electron chi connectivity index (χ0n) is 12.5. The van der Waals surface area contributed by atoms with Crippen LogP contribution in [0.4, 0.5) is 10.3 Å². The van der Waals surface area contributed by atoms with Crippen molar-refractivity contribution in [2.24, 2.45) is 5.73 Å². The van der Waals surface area contributed by atoms with Gasteiger partial charge in [-0.25, -0.2) is 14.4 Å². The summed E-state index contributed by atoms with van der Waals surface area (Å²) in [7, 11) is 1.89. The van der Waals surface area contributed by atoms with Crippen molar-refractivity contribution in [2.45, 2.75) is 32.4 Å².